The van der Waals surface area contributed by atoms with Gasteiger partial charge in [0.25, 0.3) is 0 Å². The maximum Gasteiger partial charge on any atom is 0.100 e. The molecule has 0 spiro atoms. The second-order valence-corrected chi connectivity index (χ2v) is 14.3. The smallest absolute Gasteiger partial charge is 0.100 e. The van der Waals surface area contributed by atoms with Crippen LogP contribution in [0.4, 0.5) is 0 Å². The summed E-state index contributed by atoms with van der Waals surface area (Å²) < 4.78 is 0. The fourth-order valence-electron chi connectivity index (χ4n) is 7.16. The molecule has 43 heavy (non-hydrogen) atoms. The Morgan fingerprint density at radius 1 is 0.302 bits per heavy atom. The monoisotopic (exact) mass is 603 g/mol. The molecule has 0 radical (unpaired) electrons. The number of hydrogen-bond acceptors (Lipinski definition) is 2. The molecular formula is C41H82N2. The van der Waals surface area contributed by atoms with E-state index in [0.717, 1.165) is 0 Å². The first-order chi connectivity index (χ1) is 21.3. The highest BCUT2D eigenvalue weighted by Gasteiger charge is 2.23. The molecule has 0 aliphatic carbocycles. The fraction of sp³-hybridized carbons (Fsp3) is 0.951. The maximum atomic E-state index is 2.64. The predicted octanol–water partition coefficient (Wildman–Crippen LogP) is 14.3. The lowest BCUT2D eigenvalue weighted by atomic mass is 10.0. The van der Waals surface area contributed by atoms with Gasteiger partial charge in [0.1, 0.15) is 6.17 Å². The zero-order valence-electron chi connectivity index (χ0n) is 30.4. The highest BCUT2D eigenvalue weighted by Crippen LogP contribution is 2.21. The highest BCUT2D eigenvalue weighted by atomic mass is 15.4. The summed E-state index contributed by atoms with van der Waals surface area (Å²) in [4.78, 5) is 5.27. The zero-order valence-corrected chi connectivity index (χ0v) is 30.4. The molecule has 0 aromatic rings. The Kier molecular flexibility index (Phi) is 30.7. The Hall–Kier alpha value is -0.660. The van der Waals surface area contributed by atoms with Crippen LogP contribution < -0.4 is 0 Å². The van der Waals surface area contributed by atoms with Crippen LogP contribution >= 0.6 is 0 Å². The summed E-state index contributed by atoms with van der Waals surface area (Å²) in [6.45, 7) is 9.50. The van der Waals surface area contributed by atoms with Crippen molar-refractivity contribution in [1.82, 2.24) is 9.80 Å². The molecule has 0 saturated heterocycles. The summed E-state index contributed by atoms with van der Waals surface area (Å²) in [5.74, 6) is 0. The Balaban J connectivity index is 1.85. The van der Waals surface area contributed by atoms with Crippen LogP contribution in [0.15, 0.2) is 12.4 Å². The number of nitrogens with zero attached hydrogens (tertiary/aromatic N) is 2. The lowest BCUT2D eigenvalue weighted by Crippen LogP contribution is -2.38. The molecular weight excluding hydrogens is 520 g/mol. The van der Waals surface area contributed by atoms with E-state index < -0.39 is 0 Å². The number of rotatable bonds is 35. The predicted molar refractivity (Wildman–Crippen MR) is 196 cm³/mol. The molecule has 0 aromatic heterocycles. The summed E-state index contributed by atoms with van der Waals surface area (Å²) in [5.41, 5.74) is 0. The summed E-state index contributed by atoms with van der Waals surface area (Å²) in [6, 6.07) is 0. The van der Waals surface area contributed by atoms with Crippen molar-refractivity contribution in [3.05, 3.63) is 12.4 Å². The van der Waals surface area contributed by atoms with E-state index in [2.05, 4.69) is 43.0 Å². The third-order valence-corrected chi connectivity index (χ3v) is 10.1. The Bertz CT molecular complexity index is 512. The van der Waals surface area contributed by atoms with E-state index in [1.807, 2.05) is 0 Å². The van der Waals surface area contributed by atoms with Crippen molar-refractivity contribution in [3.8, 4) is 0 Å². The molecule has 0 bridgehead atoms. The van der Waals surface area contributed by atoms with E-state index in [1.165, 1.54) is 225 Å². The van der Waals surface area contributed by atoms with Gasteiger partial charge >= 0.3 is 0 Å². The molecule has 0 aromatic carbocycles. The van der Waals surface area contributed by atoms with Crippen LogP contribution in [0.2, 0.25) is 0 Å². The third kappa shape index (κ3) is 25.2. The van der Waals surface area contributed by atoms with Crippen LogP contribution in [0, 0.1) is 0 Å². The lowest BCUT2D eigenvalue weighted by Gasteiger charge is -2.32. The van der Waals surface area contributed by atoms with Crippen molar-refractivity contribution >= 4 is 0 Å². The van der Waals surface area contributed by atoms with Gasteiger partial charge in [0.2, 0.25) is 0 Å². The number of hydrogen-bond donors (Lipinski definition) is 0. The van der Waals surface area contributed by atoms with Gasteiger partial charge in [0.15, 0.2) is 0 Å². The van der Waals surface area contributed by atoms with Gasteiger partial charge in [-0.15, -0.1) is 0 Å². The van der Waals surface area contributed by atoms with E-state index in [0.29, 0.717) is 6.17 Å². The molecule has 1 heterocycles. The largest absolute Gasteiger partial charge is 0.356 e. The van der Waals surface area contributed by atoms with Crippen molar-refractivity contribution in [2.45, 2.75) is 239 Å². The summed E-state index contributed by atoms with van der Waals surface area (Å²) in [5, 5.41) is 0. The van der Waals surface area contributed by atoms with E-state index in [1.54, 1.807) is 0 Å². The molecule has 0 fully saturated rings. The van der Waals surface area contributed by atoms with Gasteiger partial charge in [-0.1, -0.05) is 213 Å². The van der Waals surface area contributed by atoms with Gasteiger partial charge in [-0.05, 0) is 19.3 Å². The first kappa shape index (κ1) is 40.4. The normalized spacial score (nSPS) is 13.7. The van der Waals surface area contributed by atoms with Crippen LogP contribution in [-0.2, 0) is 0 Å². The van der Waals surface area contributed by atoms with Gasteiger partial charge in [0.05, 0.1) is 0 Å². The van der Waals surface area contributed by atoms with Crippen LogP contribution in [0.3, 0.4) is 0 Å². The Morgan fingerprint density at radius 3 is 0.721 bits per heavy atom. The lowest BCUT2D eigenvalue weighted by molar-refractivity contribution is 0.144. The standard InChI is InChI=1S/C41H82N2/c1-4-7-9-11-13-15-17-19-21-23-25-27-29-31-33-35-37-42-39-40-43(41(42)6-3)38-36-34-32-30-28-26-24-22-20-18-16-14-12-10-8-5-2/h39-41H,4-38H2,1-3H3. The molecule has 0 amide bonds. The molecule has 0 unspecified atom stereocenters. The fourth-order valence-corrected chi connectivity index (χ4v) is 7.16. The van der Waals surface area contributed by atoms with Crippen molar-refractivity contribution in [1.29, 1.82) is 0 Å². The average Bonchev–Trinajstić information content (AvgIpc) is 3.42. The first-order valence-electron chi connectivity index (χ1n) is 20.5. The van der Waals surface area contributed by atoms with Gasteiger partial charge in [-0.2, -0.15) is 0 Å². The summed E-state index contributed by atoms with van der Waals surface area (Å²) >= 11 is 0. The van der Waals surface area contributed by atoms with Crippen molar-refractivity contribution < 1.29 is 0 Å². The van der Waals surface area contributed by atoms with Crippen LogP contribution in [-0.4, -0.2) is 29.1 Å². The van der Waals surface area contributed by atoms with E-state index in [4.69, 9.17) is 0 Å². The van der Waals surface area contributed by atoms with Crippen molar-refractivity contribution in [2.24, 2.45) is 0 Å². The molecule has 256 valence electrons. The molecule has 0 N–H and O–H groups in total. The van der Waals surface area contributed by atoms with Gasteiger partial charge in [-0.25, -0.2) is 0 Å². The Labute approximate surface area is 273 Å². The maximum absolute atomic E-state index is 2.64. The van der Waals surface area contributed by atoms with Gasteiger partial charge in [-0.3, -0.25) is 0 Å². The van der Waals surface area contributed by atoms with Crippen LogP contribution in [0.25, 0.3) is 0 Å². The molecule has 0 atom stereocenters. The summed E-state index contributed by atoms with van der Waals surface area (Å²) in [6.07, 6.45) is 53.1. The SMILES string of the molecule is CCCCCCCCCCCCCCCCCCN1C=CN(CCCCCCCCCCCCCCCCCC)C1CC. The second-order valence-electron chi connectivity index (χ2n) is 14.3. The van der Waals surface area contributed by atoms with E-state index in [9.17, 15) is 0 Å². The molecule has 1 aliphatic rings. The van der Waals surface area contributed by atoms with Crippen molar-refractivity contribution in [2.75, 3.05) is 13.1 Å². The Morgan fingerprint density at radius 2 is 0.512 bits per heavy atom. The van der Waals surface area contributed by atoms with Crippen molar-refractivity contribution in [3.63, 3.8) is 0 Å². The molecule has 2 nitrogen and oxygen atoms in total. The molecule has 1 aliphatic heterocycles. The minimum atomic E-state index is 0.618. The molecule has 2 heteroatoms. The van der Waals surface area contributed by atoms with E-state index in [-0.39, 0.29) is 0 Å². The minimum absolute atomic E-state index is 0.618. The first-order valence-corrected chi connectivity index (χ1v) is 20.5. The third-order valence-electron chi connectivity index (χ3n) is 10.1. The number of unbranched alkanes of at least 4 members (excludes halogenated alkanes) is 30. The van der Waals surface area contributed by atoms with Crippen LogP contribution in [0.5, 0.6) is 0 Å². The minimum Gasteiger partial charge on any atom is -0.356 e. The topological polar surface area (TPSA) is 6.48 Å². The van der Waals surface area contributed by atoms with Gasteiger partial charge < -0.3 is 9.80 Å². The molecule has 0 saturated carbocycles. The zero-order chi connectivity index (χ0) is 30.9. The quantitative estimate of drug-likeness (QED) is 0.0666. The summed E-state index contributed by atoms with van der Waals surface area (Å²) in [7, 11) is 0. The second kappa shape index (κ2) is 32.7. The molecule has 1 rings (SSSR count). The average molecular weight is 603 g/mol. The van der Waals surface area contributed by atoms with E-state index >= 15 is 0 Å². The highest BCUT2D eigenvalue weighted by molar-refractivity contribution is 4.96. The van der Waals surface area contributed by atoms with Gasteiger partial charge in [0, 0.05) is 25.5 Å². The van der Waals surface area contributed by atoms with Crippen LogP contribution in [0.1, 0.15) is 233 Å².